The SMILES string of the molecule is O=C(O)[C@H]1O[C@@H](O)[C@H](OS(=O)(=O)O)[C@@H](O)[C@@H]1O[C@H]1O[C@H](CO)[C@@H](O)[C@H](O)[C@H]1OS(=O)(=O)O. The fourth-order valence-corrected chi connectivity index (χ4v) is 3.97. The lowest BCUT2D eigenvalue weighted by Crippen LogP contribution is -2.66. The van der Waals surface area contributed by atoms with Crippen molar-refractivity contribution in [2.45, 2.75) is 61.4 Å². The molecule has 0 aromatic heterocycles. The Morgan fingerprint density at radius 3 is 1.81 bits per heavy atom. The average Bonchev–Trinajstić information content (AvgIpc) is 2.64. The van der Waals surface area contributed by atoms with Gasteiger partial charge >= 0.3 is 26.8 Å². The van der Waals surface area contributed by atoms with Gasteiger partial charge in [-0.05, 0) is 0 Å². The van der Waals surface area contributed by atoms with E-state index in [4.69, 9.17) is 18.6 Å². The van der Waals surface area contributed by atoms with Crippen molar-refractivity contribution in [2.75, 3.05) is 6.61 Å². The first-order valence-electron chi connectivity index (χ1n) is 8.39. The van der Waals surface area contributed by atoms with E-state index >= 15 is 0 Å². The van der Waals surface area contributed by atoms with Gasteiger partial charge < -0.3 is 44.8 Å². The number of aliphatic carboxylic acids is 1. The van der Waals surface area contributed by atoms with Crippen LogP contribution in [0.15, 0.2) is 0 Å². The molecule has 2 saturated heterocycles. The summed E-state index contributed by atoms with van der Waals surface area (Å²) < 4.78 is 84.7. The van der Waals surface area contributed by atoms with Gasteiger partial charge in [-0.3, -0.25) is 9.11 Å². The largest absolute Gasteiger partial charge is 0.479 e. The summed E-state index contributed by atoms with van der Waals surface area (Å²) in [5, 5.41) is 58.5. The first-order valence-corrected chi connectivity index (χ1v) is 11.1. The number of carboxylic acids is 1. The molecule has 2 fully saturated rings. The monoisotopic (exact) mass is 516 g/mol. The Morgan fingerprint density at radius 1 is 0.812 bits per heavy atom. The Morgan fingerprint density at radius 2 is 1.34 bits per heavy atom. The second-order valence-corrected chi connectivity index (χ2v) is 8.66. The number of aliphatic hydroxyl groups excluding tert-OH is 5. The fraction of sp³-hybridized carbons (Fsp3) is 0.917. The molecule has 20 heteroatoms. The predicted octanol–water partition coefficient (Wildman–Crippen LogP) is -5.65. The van der Waals surface area contributed by atoms with Crippen LogP contribution in [0.4, 0.5) is 0 Å². The Balaban J connectivity index is 2.40. The molecule has 2 aliphatic rings. The number of carbonyl (C=O) groups is 1. The second kappa shape index (κ2) is 10.0. The Kier molecular flexibility index (Phi) is 8.50. The zero-order chi connectivity index (χ0) is 24.6. The van der Waals surface area contributed by atoms with Crippen molar-refractivity contribution in [3.8, 4) is 0 Å². The number of carboxylic acid groups (broad SMARTS) is 1. The van der Waals surface area contributed by atoms with Gasteiger partial charge in [0.05, 0.1) is 6.61 Å². The van der Waals surface area contributed by atoms with Crippen molar-refractivity contribution in [3.05, 3.63) is 0 Å². The molecule has 0 unspecified atom stereocenters. The Bertz CT molecular complexity index is 872. The van der Waals surface area contributed by atoms with Crippen LogP contribution in [0.25, 0.3) is 0 Å². The van der Waals surface area contributed by atoms with Crippen LogP contribution >= 0.6 is 0 Å². The fourth-order valence-electron chi connectivity index (χ4n) is 3.00. The van der Waals surface area contributed by atoms with E-state index in [9.17, 15) is 52.3 Å². The highest BCUT2D eigenvalue weighted by Gasteiger charge is 2.55. The van der Waals surface area contributed by atoms with Crippen LogP contribution in [-0.2, 0) is 48.2 Å². The Hall–Kier alpha value is -1.11. The molecular weight excluding hydrogens is 496 g/mol. The molecule has 8 N–H and O–H groups in total. The number of hydrogen-bond donors (Lipinski definition) is 8. The molecule has 0 saturated carbocycles. The van der Waals surface area contributed by atoms with Gasteiger partial charge in [0.2, 0.25) is 0 Å². The van der Waals surface area contributed by atoms with Gasteiger partial charge in [-0.15, -0.1) is 0 Å². The molecule has 10 atom stereocenters. The summed E-state index contributed by atoms with van der Waals surface area (Å²) in [6, 6.07) is 0. The lowest BCUT2D eigenvalue weighted by molar-refractivity contribution is -0.345. The molecule has 0 bridgehead atoms. The van der Waals surface area contributed by atoms with Crippen LogP contribution < -0.4 is 0 Å². The third-order valence-corrected chi connectivity index (χ3v) is 5.29. The van der Waals surface area contributed by atoms with Gasteiger partial charge in [-0.1, -0.05) is 0 Å². The zero-order valence-corrected chi connectivity index (χ0v) is 17.1. The summed E-state index contributed by atoms with van der Waals surface area (Å²) in [6.07, 6.45) is -22.2. The van der Waals surface area contributed by atoms with E-state index in [1.165, 1.54) is 0 Å². The zero-order valence-electron chi connectivity index (χ0n) is 15.5. The molecule has 32 heavy (non-hydrogen) atoms. The number of ether oxygens (including phenoxy) is 3. The molecule has 2 aliphatic heterocycles. The topological polar surface area (TPSA) is 293 Å². The third kappa shape index (κ3) is 6.48. The van der Waals surface area contributed by atoms with E-state index in [1.807, 2.05) is 0 Å². The highest BCUT2D eigenvalue weighted by molar-refractivity contribution is 7.81. The van der Waals surface area contributed by atoms with Gasteiger partial charge in [-0.25, -0.2) is 13.2 Å². The van der Waals surface area contributed by atoms with Gasteiger partial charge in [-0.2, -0.15) is 16.8 Å². The van der Waals surface area contributed by atoms with Gasteiger partial charge in [0.25, 0.3) is 0 Å². The van der Waals surface area contributed by atoms with E-state index in [-0.39, 0.29) is 0 Å². The standard InChI is InChI=1S/C12H20O18S2/c13-1-2-3(14)4(15)8(30-32(23,24)25)12(26-2)28-6-5(16)7(29-31(20,21)22)11(19)27-9(6)10(17)18/h2-9,11-16,19H,1H2,(H,17,18)(H,20,21,22)(H,23,24,25)/t2-,3-,4+,5+,6+,7-,8-,9+,11-,12-/m1/s1. The van der Waals surface area contributed by atoms with Gasteiger partial charge in [0.1, 0.15) is 30.5 Å². The molecule has 2 heterocycles. The maximum atomic E-state index is 11.5. The van der Waals surface area contributed by atoms with Crippen molar-refractivity contribution in [1.29, 1.82) is 0 Å². The van der Waals surface area contributed by atoms with Gasteiger partial charge in [0.15, 0.2) is 30.9 Å². The highest BCUT2D eigenvalue weighted by Crippen LogP contribution is 2.31. The average molecular weight is 516 g/mol. The first-order chi connectivity index (χ1) is 14.6. The molecule has 0 amide bonds. The van der Waals surface area contributed by atoms with E-state index in [0.717, 1.165) is 0 Å². The van der Waals surface area contributed by atoms with Crippen LogP contribution in [0.1, 0.15) is 0 Å². The lowest BCUT2D eigenvalue weighted by atomic mass is 9.97. The van der Waals surface area contributed by atoms with Crippen LogP contribution in [0.2, 0.25) is 0 Å². The molecule has 2 rings (SSSR count). The minimum atomic E-state index is -5.35. The summed E-state index contributed by atoms with van der Waals surface area (Å²) in [5.41, 5.74) is 0. The number of aliphatic hydroxyl groups is 5. The molecule has 0 aromatic carbocycles. The third-order valence-electron chi connectivity index (χ3n) is 4.36. The molecule has 188 valence electrons. The summed E-state index contributed by atoms with van der Waals surface area (Å²) in [5.74, 6) is -1.90. The minimum absolute atomic E-state index is 0.990. The normalized spacial score (nSPS) is 41.3. The van der Waals surface area contributed by atoms with E-state index in [1.54, 1.807) is 0 Å². The maximum Gasteiger partial charge on any atom is 0.397 e. The van der Waals surface area contributed by atoms with E-state index in [2.05, 4.69) is 13.1 Å². The van der Waals surface area contributed by atoms with Crippen LogP contribution in [0, 0.1) is 0 Å². The summed E-state index contributed by atoms with van der Waals surface area (Å²) >= 11 is 0. The summed E-state index contributed by atoms with van der Waals surface area (Å²) in [6.45, 7) is -0.990. The van der Waals surface area contributed by atoms with Gasteiger partial charge in [0, 0.05) is 0 Å². The predicted molar refractivity (Wildman–Crippen MR) is 90.0 cm³/mol. The van der Waals surface area contributed by atoms with Crippen molar-refractivity contribution >= 4 is 26.8 Å². The maximum absolute atomic E-state index is 11.5. The molecule has 0 spiro atoms. The summed E-state index contributed by atoms with van der Waals surface area (Å²) in [7, 11) is -10.7. The Labute approximate surface area is 179 Å². The number of rotatable bonds is 8. The van der Waals surface area contributed by atoms with E-state index in [0.29, 0.717) is 0 Å². The van der Waals surface area contributed by atoms with Crippen LogP contribution in [-0.4, -0.2) is 131 Å². The second-order valence-electron chi connectivity index (χ2n) is 6.56. The quantitative estimate of drug-likeness (QED) is 0.139. The van der Waals surface area contributed by atoms with Crippen molar-refractivity contribution in [1.82, 2.24) is 0 Å². The summed E-state index contributed by atoms with van der Waals surface area (Å²) in [4.78, 5) is 11.5. The smallest absolute Gasteiger partial charge is 0.397 e. The molecule has 0 aromatic rings. The molecule has 18 nitrogen and oxygen atoms in total. The van der Waals surface area contributed by atoms with Crippen LogP contribution in [0.3, 0.4) is 0 Å². The van der Waals surface area contributed by atoms with Crippen molar-refractivity contribution in [3.63, 3.8) is 0 Å². The van der Waals surface area contributed by atoms with Crippen molar-refractivity contribution in [2.24, 2.45) is 0 Å². The molecule has 0 aliphatic carbocycles. The molecule has 0 radical (unpaired) electrons. The highest BCUT2D eigenvalue weighted by atomic mass is 32.3. The van der Waals surface area contributed by atoms with Crippen molar-refractivity contribution < 1.29 is 84.0 Å². The molecular formula is C12H20O18S2. The van der Waals surface area contributed by atoms with E-state index < -0.39 is 94.8 Å². The first kappa shape index (κ1) is 27.1. The van der Waals surface area contributed by atoms with Crippen LogP contribution in [0.5, 0.6) is 0 Å². The minimum Gasteiger partial charge on any atom is -0.479 e. The number of hydrogen-bond acceptors (Lipinski definition) is 15. The lowest BCUT2D eigenvalue weighted by Gasteiger charge is -2.45.